The zero-order chi connectivity index (χ0) is 21.9. The average Bonchev–Trinajstić information content (AvgIpc) is 2.88. The van der Waals surface area contributed by atoms with Crippen LogP contribution in [0.3, 0.4) is 0 Å². The molecule has 1 aromatic rings. The molecule has 0 bridgehead atoms. The second-order valence-corrected chi connectivity index (χ2v) is 9.40. The molecule has 1 aromatic heterocycles. The molecule has 0 N–H and O–H groups in total. The van der Waals surface area contributed by atoms with Gasteiger partial charge in [0.2, 0.25) is 0 Å². The van der Waals surface area contributed by atoms with Gasteiger partial charge in [0.05, 0.1) is 12.2 Å². The molecule has 0 aliphatic rings. The highest BCUT2D eigenvalue weighted by Gasteiger charge is 2.37. The summed E-state index contributed by atoms with van der Waals surface area (Å²) in [5.74, 6) is -0.608. The second-order valence-electron chi connectivity index (χ2n) is 8.54. The molecule has 0 fully saturated rings. The van der Waals surface area contributed by atoms with E-state index in [9.17, 15) is 14.4 Å². The second kappa shape index (κ2) is 8.94. The summed E-state index contributed by atoms with van der Waals surface area (Å²) >= 11 is 1.10. The van der Waals surface area contributed by atoms with Gasteiger partial charge in [0.15, 0.2) is 0 Å². The minimum atomic E-state index is -0.913. The highest BCUT2D eigenvalue weighted by atomic mass is 32.1. The van der Waals surface area contributed by atoms with Crippen molar-refractivity contribution < 1.29 is 28.6 Å². The highest BCUT2D eigenvalue weighted by molar-refractivity contribution is 7.15. The topological polar surface area (TPSA) is 82.1 Å². The Kier molecular flexibility index (Phi) is 7.65. The molecule has 0 radical (unpaired) electrons. The summed E-state index contributed by atoms with van der Waals surface area (Å²) in [6, 6.07) is 0. The maximum absolute atomic E-state index is 12.9. The van der Waals surface area contributed by atoms with Gasteiger partial charge >= 0.3 is 18.2 Å². The molecule has 0 saturated carbocycles. The normalized spacial score (nSPS) is 11.9. The number of rotatable bonds is 4. The Morgan fingerprint density at radius 1 is 1.00 bits per heavy atom. The van der Waals surface area contributed by atoms with Crippen LogP contribution in [0.5, 0.6) is 0 Å². The number of hydrogen-bond acceptors (Lipinski definition) is 7. The molecule has 0 spiro atoms. The summed E-state index contributed by atoms with van der Waals surface area (Å²) in [6.07, 6.45) is -1.83. The first-order chi connectivity index (χ1) is 12.7. The van der Waals surface area contributed by atoms with Crippen LogP contribution >= 0.6 is 11.3 Å². The monoisotopic (exact) mass is 413 g/mol. The summed E-state index contributed by atoms with van der Waals surface area (Å²) in [7, 11) is 0. The standard InChI is InChI=1S/C20H31NO6S/c1-10-25-16(22)14-13(12(2)3)11-28-15(14)21(17(23)26-19(4,5)6)18(24)27-20(7,8)9/h11-12H,10H2,1-9H3. The average molecular weight is 414 g/mol. The molecular formula is C20H31NO6S. The zero-order valence-corrected chi connectivity index (χ0v) is 19.0. The molecule has 0 unspecified atom stereocenters. The quantitative estimate of drug-likeness (QED) is 0.463. The van der Waals surface area contributed by atoms with E-state index in [0.717, 1.165) is 16.2 Å². The summed E-state index contributed by atoms with van der Waals surface area (Å²) < 4.78 is 16.0. The zero-order valence-electron chi connectivity index (χ0n) is 18.2. The van der Waals surface area contributed by atoms with Gasteiger partial charge in [-0.05, 0) is 65.3 Å². The Labute approximate surface area is 170 Å². The van der Waals surface area contributed by atoms with Crippen LogP contribution in [0.25, 0.3) is 0 Å². The van der Waals surface area contributed by atoms with Crippen LogP contribution in [0, 0.1) is 0 Å². The first-order valence-electron chi connectivity index (χ1n) is 9.22. The smallest absolute Gasteiger partial charge is 0.425 e. The van der Waals surface area contributed by atoms with E-state index in [-0.39, 0.29) is 23.1 Å². The third-order valence-electron chi connectivity index (χ3n) is 3.26. The van der Waals surface area contributed by atoms with E-state index in [4.69, 9.17) is 14.2 Å². The van der Waals surface area contributed by atoms with E-state index in [2.05, 4.69) is 0 Å². The molecule has 0 atom stereocenters. The van der Waals surface area contributed by atoms with Gasteiger partial charge < -0.3 is 14.2 Å². The maximum atomic E-state index is 12.9. The number of carbonyl (C=O) groups is 3. The molecule has 158 valence electrons. The van der Waals surface area contributed by atoms with Crippen molar-refractivity contribution in [1.29, 1.82) is 0 Å². The van der Waals surface area contributed by atoms with Crippen LogP contribution in [0.1, 0.15) is 84.2 Å². The third-order valence-corrected chi connectivity index (χ3v) is 4.24. The van der Waals surface area contributed by atoms with Gasteiger partial charge in [-0.15, -0.1) is 11.3 Å². The molecule has 1 heterocycles. The number of hydrogen-bond donors (Lipinski definition) is 0. The number of amides is 2. The Hall–Kier alpha value is -2.09. The summed E-state index contributed by atoms with van der Waals surface area (Å²) in [6.45, 7) is 15.9. The molecule has 2 amide bonds. The SMILES string of the molecule is CCOC(=O)c1c(C(C)C)csc1N(C(=O)OC(C)(C)C)C(=O)OC(C)(C)C. The van der Waals surface area contributed by atoms with Crippen molar-refractivity contribution in [1.82, 2.24) is 0 Å². The van der Waals surface area contributed by atoms with Gasteiger partial charge in [-0.1, -0.05) is 13.8 Å². The lowest BCUT2D eigenvalue weighted by molar-refractivity contribution is 0.0432. The van der Waals surface area contributed by atoms with Gasteiger partial charge in [0.25, 0.3) is 0 Å². The maximum Gasteiger partial charge on any atom is 0.425 e. The van der Waals surface area contributed by atoms with Gasteiger partial charge in [-0.2, -0.15) is 4.90 Å². The Morgan fingerprint density at radius 2 is 1.46 bits per heavy atom. The van der Waals surface area contributed by atoms with Crippen molar-refractivity contribution in [2.45, 2.75) is 79.4 Å². The van der Waals surface area contributed by atoms with Crippen LogP contribution in [0.15, 0.2) is 5.38 Å². The van der Waals surface area contributed by atoms with Crippen LogP contribution in [0.2, 0.25) is 0 Å². The molecule has 0 aliphatic heterocycles. The number of ether oxygens (including phenoxy) is 3. The highest BCUT2D eigenvalue weighted by Crippen LogP contribution is 2.37. The Morgan fingerprint density at radius 3 is 1.82 bits per heavy atom. The van der Waals surface area contributed by atoms with Crippen LogP contribution in [-0.4, -0.2) is 36.0 Å². The predicted octanol–water partition coefficient (Wildman–Crippen LogP) is 5.72. The first kappa shape index (κ1) is 23.9. The molecule has 28 heavy (non-hydrogen) atoms. The lowest BCUT2D eigenvalue weighted by Crippen LogP contribution is -2.44. The molecule has 8 heteroatoms. The number of thiophene rings is 1. The van der Waals surface area contributed by atoms with Gasteiger partial charge in [0.1, 0.15) is 16.2 Å². The van der Waals surface area contributed by atoms with Crippen molar-refractivity contribution in [3.05, 3.63) is 16.5 Å². The molecule has 1 rings (SSSR count). The van der Waals surface area contributed by atoms with Gasteiger partial charge in [-0.3, -0.25) is 0 Å². The van der Waals surface area contributed by atoms with E-state index >= 15 is 0 Å². The van der Waals surface area contributed by atoms with Crippen LogP contribution in [0.4, 0.5) is 14.6 Å². The third kappa shape index (κ3) is 6.51. The summed E-state index contributed by atoms with van der Waals surface area (Å²) in [4.78, 5) is 39.1. The molecule has 0 aromatic carbocycles. The number of anilines is 1. The van der Waals surface area contributed by atoms with Crippen LogP contribution in [-0.2, 0) is 14.2 Å². The van der Waals surface area contributed by atoms with E-state index in [1.165, 1.54) is 0 Å². The predicted molar refractivity (Wildman–Crippen MR) is 109 cm³/mol. The lowest BCUT2D eigenvalue weighted by atomic mass is 10.0. The summed E-state index contributed by atoms with van der Waals surface area (Å²) in [5.41, 5.74) is -0.798. The van der Waals surface area contributed by atoms with E-state index in [1.807, 2.05) is 13.8 Å². The number of esters is 1. The molecule has 0 saturated heterocycles. The van der Waals surface area contributed by atoms with Crippen molar-refractivity contribution in [3.8, 4) is 0 Å². The lowest BCUT2D eigenvalue weighted by Gasteiger charge is -2.28. The van der Waals surface area contributed by atoms with Gasteiger partial charge in [0, 0.05) is 0 Å². The van der Waals surface area contributed by atoms with Crippen molar-refractivity contribution in [2.24, 2.45) is 0 Å². The van der Waals surface area contributed by atoms with E-state index in [0.29, 0.717) is 5.56 Å². The van der Waals surface area contributed by atoms with Crippen LogP contribution < -0.4 is 4.90 Å². The van der Waals surface area contributed by atoms with Crippen molar-refractivity contribution in [3.63, 3.8) is 0 Å². The minimum absolute atomic E-state index is 0.0106. The van der Waals surface area contributed by atoms with E-state index < -0.39 is 29.4 Å². The summed E-state index contributed by atoms with van der Waals surface area (Å²) in [5, 5.41) is 1.87. The van der Waals surface area contributed by atoms with E-state index in [1.54, 1.807) is 53.8 Å². The van der Waals surface area contributed by atoms with Crippen molar-refractivity contribution >= 4 is 34.5 Å². The number of carbonyl (C=O) groups excluding carboxylic acids is 3. The fourth-order valence-electron chi connectivity index (χ4n) is 2.21. The molecule has 0 aliphatic carbocycles. The number of nitrogens with zero attached hydrogens (tertiary/aromatic N) is 1. The largest absolute Gasteiger partial charge is 0.462 e. The molecule has 7 nitrogen and oxygen atoms in total. The molecular weight excluding hydrogens is 382 g/mol. The van der Waals surface area contributed by atoms with Crippen molar-refractivity contribution in [2.75, 3.05) is 11.5 Å². The fourth-order valence-corrected chi connectivity index (χ4v) is 3.42. The number of imide groups is 1. The minimum Gasteiger partial charge on any atom is -0.462 e. The fraction of sp³-hybridized carbons (Fsp3) is 0.650. The first-order valence-corrected chi connectivity index (χ1v) is 10.1. The van der Waals surface area contributed by atoms with Gasteiger partial charge in [-0.25, -0.2) is 14.4 Å². The Bertz CT molecular complexity index is 696. The Balaban J connectivity index is 3.54.